The molecule has 0 radical (unpaired) electrons. The molecule has 3 nitrogen and oxygen atoms in total. The molecule has 2 unspecified atom stereocenters. The van der Waals surface area contributed by atoms with Gasteiger partial charge in [0.15, 0.2) is 0 Å². The molecule has 2 atom stereocenters. The van der Waals surface area contributed by atoms with Gasteiger partial charge in [0.2, 0.25) is 5.91 Å². The van der Waals surface area contributed by atoms with E-state index in [9.17, 15) is 4.79 Å². The Hall–Kier alpha value is -0.830. The average Bonchev–Trinajstić information content (AvgIpc) is 2.66. The van der Waals surface area contributed by atoms with Gasteiger partial charge in [-0.3, -0.25) is 4.79 Å². The second-order valence-corrected chi connectivity index (χ2v) is 5.47. The number of amides is 1. The van der Waals surface area contributed by atoms with Crippen LogP contribution in [0.3, 0.4) is 0 Å². The zero-order chi connectivity index (χ0) is 12.4. The first kappa shape index (κ1) is 12.6. The van der Waals surface area contributed by atoms with E-state index in [1.807, 2.05) is 24.9 Å². The minimum atomic E-state index is 0.207. The lowest BCUT2D eigenvalue weighted by atomic mass is 9.98. The highest BCUT2D eigenvalue weighted by Crippen LogP contribution is 2.29. The standard InChI is InChI=1S/C14H24N2O/c1-4-5-10(2)14(17)16(3)13-8-11-6-7-12(9-13)15-11/h5,11-13,15H,4,6-9H2,1-3H3. The zero-order valence-corrected chi connectivity index (χ0v) is 11.2. The van der Waals surface area contributed by atoms with Gasteiger partial charge in [-0.2, -0.15) is 0 Å². The highest BCUT2D eigenvalue weighted by atomic mass is 16.2. The molecule has 2 aliphatic rings. The van der Waals surface area contributed by atoms with Gasteiger partial charge in [0, 0.05) is 30.7 Å². The van der Waals surface area contributed by atoms with Gasteiger partial charge in [0.05, 0.1) is 0 Å². The van der Waals surface area contributed by atoms with Crippen LogP contribution in [0.4, 0.5) is 0 Å². The largest absolute Gasteiger partial charge is 0.339 e. The number of likely N-dealkylation sites (N-methyl/N-ethyl adjacent to an activating group) is 1. The fraction of sp³-hybridized carbons (Fsp3) is 0.786. The van der Waals surface area contributed by atoms with Crippen LogP contribution in [0.1, 0.15) is 46.0 Å². The third-order valence-electron chi connectivity index (χ3n) is 4.16. The highest BCUT2D eigenvalue weighted by molar-refractivity contribution is 5.92. The molecule has 0 saturated carbocycles. The van der Waals surface area contributed by atoms with Crippen LogP contribution in [0, 0.1) is 0 Å². The summed E-state index contributed by atoms with van der Waals surface area (Å²) >= 11 is 0. The maximum atomic E-state index is 12.2. The quantitative estimate of drug-likeness (QED) is 0.761. The minimum absolute atomic E-state index is 0.207. The lowest BCUT2D eigenvalue weighted by Gasteiger charge is -2.35. The van der Waals surface area contributed by atoms with Crippen molar-refractivity contribution in [3.05, 3.63) is 11.6 Å². The fourth-order valence-corrected chi connectivity index (χ4v) is 3.18. The summed E-state index contributed by atoms with van der Waals surface area (Å²) in [6, 6.07) is 1.72. The molecule has 1 N–H and O–H groups in total. The van der Waals surface area contributed by atoms with Crippen LogP contribution in [-0.4, -0.2) is 36.0 Å². The Bertz CT molecular complexity index is 312. The Morgan fingerprint density at radius 3 is 2.47 bits per heavy atom. The van der Waals surface area contributed by atoms with E-state index in [0.29, 0.717) is 18.1 Å². The summed E-state index contributed by atoms with van der Waals surface area (Å²) in [5.74, 6) is 0.207. The lowest BCUT2D eigenvalue weighted by Crippen LogP contribution is -2.48. The minimum Gasteiger partial charge on any atom is -0.339 e. The predicted octanol–water partition coefficient (Wildman–Crippen LogP) is 2.08. The molecule has 2 heterocycles. The normalized spacial score (nSPS) is 32.6. The van der Waals surface area contributed by atoms with Crippen molar-refractivity contribution in [1.29, 1.82) is 0 Å². The molecular weight excluding hydrogens is 212 g/mol. The van der Waals surface area contributed by atoms with E-state index in [-0.39, 0.29) is 5.91 Å². The number of piperidine rings is 1. The Labute approximate surface area is 104 Å². The van der Waals surface area contributed by atoms with Crippen LogP contribution in [-0.2, 0) is 4.79 Å². The van der Waals surface area contributed by atoms with Crippen molar-refractivity contribution in [2.24, 2.45) is 0 Å². The first-order valence-electron chi connectivity index (χ1n) is 6.81. The Kier molecular flexibility index (Phi) is 3.87. The summed E-state index contributed by atoms with van der Waals surface area (Å²) < 4.78 is 0. The second-order valence-electron chi connectivity index (χ2n) is 5.47. The number of fused-ring (bicyclic) bond motifs is 2. The molecule has 96 valence electrons. The Balaban J connectivity index is 1.98. The van der Waals surface area contributed by atoms with Gasteiger partial charge < -0.3 is 10.2 Å². The van der Waals surface area contributed by atoms with Gasteiger partial charge in [-0.15, -0.1) is 0 Å². The van der Waals surface area contributed by atoms with Crippen LogP contribution < -0.4 is 5.32 Å². The number of rotatable bonds is 3. The number of nitrogens with one attached hydrogen (secondary N) is 1. The van der Waals surface area contributed by atoms with E-state index in [1.165, 1.54) is 12.8 Å². The van der Waals surface area contributed by atoms with E-state index in [4.69, 9.17) is 0 Å². The molecule has 2 aliphatic heterocycles. The van der Waals surface area contributed by atoms with Crippen molar-refractivity contribution in [3.8, 4) is 0 Å². The molecule has 0 aliphatic carbocycles. The van der Waals surface area contributed by atoms with E-state index in [0.717, 1.165) is 24.8 Å². The van der Waals surface area contributed by atoms with E-state index < -0.39 is 0 Å². The van der Waals surface area contributed by atoms with Crippen LogP contribution >= 0.6 is 0 Å². The number of carbonyl (C=O) groups excluding carboxylic acids is 1. The van der Waals surface area contributed by atoms with E-state index in [2.05, 4.69) is 12.2 Å². The molecule has 2 fully saturated rings. The number of carbonyl (C=O) groups is 1. The first-order chi connectivity index (χ1) is 8.11. The van der Waals surface area contributed by atoms with Crippen LogP contribution in [0.2, 0.25) is 0 Å². The van der Waals surface area contributed by atoms with Crippen LogP contribution in [0.5, 0.6) is 0 Å². The van der Waals surface area contributed by atoms with Gasteiger partial charge in [0.25, 0.3) is 0 Å². The van der Waals surface area contributed by atoms with Crippen molar-refractivity contribution < 1.29 is 4.79 Å². The molecule has 0 aromatic rings. The molecule has 0 aromatic carbocycles. The first-order valence-corrected chi connectivity index (χ1v) is 6.81. The Morgan fingerprint density at radius 1 is 1.35 bits per heavy atom. The molecule has 2 bridgehead atoms. The molecule has 17 heavy (non-hydrogen) atoms. The molecule has 1 amide bonds. The summed E-state index contributed by atoms with van der Waals surface area (Å²) in [7, 11) is 1.96. The summed E-state index contributed by atoms with van der Waals surface area (Å²) in [6.45, 7) is 4.00. The SMILES string of the molecule is CCC=C(C)C(=O)N(C)C1CC2CCC(C1)N2. The molecular formula is C14H24N2O. The third-order valence-corrected chi connectivity index (χ3v) is 4.16. The lowest BCUT2D eigenvalue weighted by molar-refractivity contribution is -0.128. The molecule has 2 rings (SSSR count). The molecule has 0 aromatic heterocycles. The second kappa shape index (κ2) is 5.21. The topological polar surface area (TPSA) is 32.3 Å². The number of nitrogens with zero attached hydrogens (tertiary/aromatic N) is 1. The third kappa shape index (κ3) is 2.71. The molecule has 0 spiro atoms. The van der Waals surface area contributed by atoms with Crippen molar-refractivity contribution in [2.45, 2.75) is 64.1 Å². The smallest absolute Gasteiger partial charge is 0.249 e. The monoisotopic (exact) mass is 236 g/mol. The zero-order valence-electron chi connectivity index (χ0n) is 11.2. The fourth-order valence-electron chi connectivity index (χ4n) is 3.18. The highest BCUT2D eigenvalue weighted by Gasteiger charge is 2.36. The van der Waals surface area contributed by atoms with Gasteiger partial charge >= 0.3 is 0 Å². The maximum absolute atomic E-state index is 12.2. The van der Waals surface area contributed by atoms with Crippen molar-refractivity contribution in [2.75, 3.05) is 7.05 Å². The van der Waals surface area contributed by atoms with Gasteiger partial charge in [0.1, 0.15) is 0 Å². The summed E-state index contributed by atoms with van der Waals surface area (Å²) in [4.78, 5) is 14.2. The number of hydrogen-bond acceptors (Lipinski definition) is 2. The number of allylic oxidation sites excluding steroid dienone is 1. The van der Waals surface area contributed by atoms with Crippen LogP contribution in [0.25, 0.3) is 0 Å². The van der Waals surface area contributed by atoms with E-state index in [1.54, 1.807) is 0 Å². The van der Waals surface area contributed by atoms with Crippen molar-refractivity contribution >= 4 is 5.91 Å². The van der Waals surface area contributed by atoms with Gasteiger partial charge in [-0.25, -0.2) is 0 Å². The van der Waals surface area contributed by atoms with Crippen molar-refractivity contribution in [1.82, 2.24) is 10.2 Å². The maximum Gasteiger partial charge on any atom is 0.249 e. The van der Waals surface area contributed by atoms with E-state index >= 15 is 0 Å². The molecule has 2 saturated heterocycles. The summed E-state index contributed by atoms with van der Waals surface area (Å²) in [5, 5.41) is 3.62. The summed E-state index contributed by atoms with van der Waals surface area (Å²) in [6.07, 6.45) is 7.77. The van der Waals surface area contributed by atoms with Crippen LogP contribution in [0.15, 0.2) is 11.6 Å². The number of hydrogen-bond donors (Lipinski definition) is 1. The van der Waals surface area contributed by atoms with Crippen molar-refractivity contribution in [3.63, 3.8) is 0 Å². The summed E-state index contributed by atoms with van der Waals surface area (Å²) in [5.41, 5.74) is 0.890. The predicted molar refractivity (Wildman–Crippen MR) is 69.8 cm³/mol. The average molecular weight is 236 g/mol. The Morgan fingerprint density at radius 2 is 1.94 bits per heavy atom. The van der Waals surface area contributed by atoms with Gasteiger partial charge in [-0.1, -0.05) is 13.0 Å². The van der Waals surface area contributed by atoms with Gasteiger partial charge in [-0.05, 0) is 39.0 Å². The molecule has 3 heteroatoms.